The molecule has 2 aromatic rings. The van der Waals surface area contributed by atoms with E-state index in [1.165, 1.54) is 0 Å². The molecule has 1 atom stereocenters. The van der Waals surface area contributed by atoms with Gasteiger partial charge in [0.1, 0.15) is 0 Å². The summed E-state index contributed by atoms with van der Waals surface area (Å²) in [5.74, 6) is 0.836. The van der Waals surface area contributed by atoms with Crippen molar-refractivity contribution in [2.75, 3.05) is 6.54 Å². The Morgan fingerprint density at radius 1 is 1.35 bits per heavy atom. The molecule has 0 radical (unpaired) electrons. The van der Waals surface area contributed by atoms with Crippen molar-refractivity contribution in [3.05, 3.63) is 53.4 Å². The van der Waals surface area contributed by atoms with Gasteiger partial charge in [0.25, 0.3) is 0 Å². The first kappa shape index (κ1) is 11.8. The van der Waals surface area contributed by atoms with Crippen LogP contribution in [-0.2, 0) is 6.54 Å². The fourth-order valence-corrected chi connectivity index (χ4v) is 1.67. The van der Waals surface area contributed by atoms with Crippen molar-refractivity contribution < 1.29 is 4.52 Å². The molecule has 0 saturated carbocycles. The second-order valence-corrected chi connectivity index (χ2v) is 4.08. The van der Waals surface area contributed by atoms with E-state index in [1.807, 2.05) is 43.3 Å². The van der Waals surface area contributed by atoms with Gasteiger partial charge >= 0.3 is 0 Å². The molecule has 1 unspecified atom stereocenters. The zero-order valence-corrected chi connectivity index (χ0v) is 9.89. The van der Waals surface area contributed by atoms with Gasteiger partial charge in [-0.25, -0.2) is 0 Å². The van der Waals surface area contributed by atoms with Crippen LogP contribution >= 0.6 is 0 Å². The van der Waals surface area contributed by atoms with E-state index in [4.69, 9.17) is 10.3 Å². The summed E-state index contributed by atoms with van der Waals surface area (Å²) in [5, 5.41) is 7.08. The second-order valence-electron chi connectivity index (χ2n) is 4.08. The zero-order valence-electron chi connectivity index (χ0n) is 9.89. The van der Waals surface area contributed by atoms with Crippen molar-refractivity contribution in [1.29, 1.82) is 0 Å². The summed E-state index contributed by atoms with van der Waals surface area (Å²) in [5.41, 5.74) is 8.09. The van der Waals surface area contributed by atoms with Crippen LogP contribution < -0.4 is 11.1 Å². The first-order valence-corrected chi connectivity index (χ1v) is 5.69. The van der Waals surface area contributed by atoms with Gasteiger partial charge in [-0.05, 0) is 12.5 Å². The Morgan fingerprint density at radius 2 is 2.12 bits per heavy atom. The van der Waals surface area contributed by atoms with Crippen molar-refractivity contribution in [2.24, 2.45) is 5.73 Å². The van der Waals surface area contributed by atoms with Crippen LogP contribution in [0.3, 0.4) is 0 Å². The number of benzene rings is 1. The molecule has 4 heteroatoms. The van der Waals surface area contributed by atoms with Crippen LogP contribution in [0.5, 0.6) is 0 Å². The summed E-state index contributed by atoms with van der Waals surface area (Å²) in [6.07, 6.45) is 0. The minimum absolute atomic E-state index is 0.000202. The highest BCUT2D eigenvalue weighted by atomic mass is 16.5. The SMILES string of the molecule is Cc1cc(CNCC(N)c2ccccc2)on1. The average molecular weight is 231 g/mol. The highest BCUT2D eigenvalue weighted by Gasteiger charge is 2.05. The van der Waals surface area contributed by atoms with Crippen LogP contribution in [0.25, 0.3) is 0 Å². The number of hydrogen-bond acceptors (Lipinski definition) is 4. The van der Waals surface area contributed by atoms with Crippen molar-refractivity contribution in [1.82, 2.24) is 10.5 Å². The van der Waals surface area contributed by atoms with E-state index in [0.29, 0.717) is 13.1 Å². The molecule has 90 valence electrons. The summed E-state index contributed by atoms with van der Waals surface area (Å²) < 4.78 is 5.10. The van der Waals surface area contributed by atoms with Crippen LogP contribution in [0, 0.1) is 6.92 Å². The fourth-order valence-electron chi connectivity index (χ4n) is 1.67. The number of hydrogen-bond donors (Lipinski definition) is 2. The maximum absolute atomic E-state index is 6.06. The smallest absolute Gasteiger partial charge is 0.150 e. The molecule has 0 aliphatic rings. The van der Waals surface area contributed by atoms with Gasteiger partial charge in [-0.1, -0.05) is 35.5 Å². The molecule has 1 heterocycles. The molecule has 0 saturated heterocycles. The Hall–Kier alpha value is -1.65. The Bertz CT molecular complexity index is 453. The Kier molecular flexibility index (Phi) is 3.90. The minimum atomic E-state index is 0.000202. The molecule has 1 aromatic heterocycles. The molecule has 0 bridgehead atoms. The Morgan fingerprint density at radius 3 is 2.76 bits per heavy atom. The van der Waals surface area contributed by atoms with E-state index in [1.54, 1.807) is 0 Å². The van der Waals surface area contributed by atoms with Crippen LogP contribution in [0.2, 0.25) is 0 Å². The molecule has 2 rings (SSSR count). The van der Waals surface area contributed by atoms with Gasteiger partial charge in [0.2, 0.25) is 0 Å². The molecule has 1 aromatic carbocycles. The van der Waals surface area contributed by atoms with Crippen LogP contribution in [0.4, 0.5) is 0 Å². The standard InChI is InChI=1S/C13H17N3O/c1-10-7-12(17-16-10)8-15-9-13(14)11-5-3-2-4-6-11/h2-7,13,15H,8-9,14H2,1H3. The van der Waals surface area contributed by atoms with E-state index in [-0.39, 0.29) is 6.04 Å². The van der Waals surface area contributed by atoms with E-state index >= 15 is 0 Å². The summed E-state index contributed by atoms with van der Waals surface area (Å²) >= 11 is 0. The number of rotatable bonds is 5. The molecule has 17 heavy (non-hydrogen) atoms. The molecule has 0 spiro atoms. The summed E-state index contributed by atoms with van der Waals surface area (Å²) in [6.45, 7) is 3.27. The number of nitrogens with two attached hydrogens (primary N) is 1. The van der Waals surface area contributed by atoms with Crippen molar-refractivity contribution in [3.8, 4) is 0 Å². The van der Waals surface area contributed by atoms with Gasteiger partial charge in [0, 0.05) is 18.7 Å². The summed E-state index contributed by atoms with van der Waals surface area (Å²) in [7, 11) is 0. The van der Waals surface area contributed by atoms with Gasteiger partial charge in [0.05, 0.1) is 12.2 Å². The Labute approximate surface area is 101 Å². The fraction of sp³-hybridized carbons (Fsp3) is 0.308. The number of aromatic nitrogens is 1. The van der Waals surface area contributed by atoms with Gasteiger partial charge in [-0.15, -0.1) is 0 Å². The number of nitrogens with one attached hydrogen (secondary N) is 1. The van der Waals surface area contributed by atoms with Crippen molar-refractivity contribution >= 4 is 0 Å². The van der Waals surface area contributed by atoms with Crippen LogP contribution in [-0.4, -0.2) is 11.7 Å². The first-order chi connectivity index (χ1) is 8.25. The van der Waals surface area contributed by atoms with E-state index in [0.717, 1.165) is 17.0 Å². The highest BCUT2D eigenvalue weighted by Crippen LogP contribution is 2.08. The van der Waals surface area contributed by atoms with E-state index in [9.17, 15) is 0 Å². The lowest BCUT2D eigenvalue weighted by atomic mass is 10.1. The molecular formula is C13H17N3O. The summed E-state index contributed by atoms with van der Waals surface area (Å²) in [4.78, 5) is 0. The third-order valence-corrected chi connectivity index (χ3v) is 2.57. The van der Waals surface area contributed by atoms with E-state index < -0.39 is 0 Å². The topological polar surface area (TPSA) is 64.1 Å². The lowest BCUT2D eigenvalue weighted by Crippen LogP contribution is -2.26. The molecule has 0 aliphatic heterocycles. The quantitative estimate of drug-likeness (QED) is 0.823. The van der Waals surface area contributed by atoms with Gasteiger partial charge in [-0.2, -0.15) is 0 Å². The lowest BCUT2D eigenvalue weighted by Gasteiger charge is -2.12. The van der Waals surface area contributed by atoms with E-state index in [2.05, 4.69) is 10.5 Å². The van der Waals surface area contributed by atoms with Gasteiger partial charge in [-0.3, -0.25) is 0 Å². The third-order valence-electron chi connectivity index (χ3n) is 2.57. The predicted molar refractivity (Wildman–Crippen MR) is 66.3 cm³/mol. The maximum atomic E-state index is 6.06. The highest BCUT2D eigenvalue weighted by molar-refractivity contribution is 5.18. The second kappa shape index (κ2) is 5.61. The van der Waals surface area contributed by atoms with Gasteiger partial charge < -0.3 is 15.6 Å². The number of nitrogens with zero attached hydrogens (tertiary/aromatic N) is 1. The van der Waals surface area contributed by atoms with Gasteiger partial charge in [0.15, 0.2) is 5.76 Å². The molecule has 0 amide bonds. The molecule has 0 fully saturated rings. The first-order valence-electron chi connectivity index (χ1n) is 5.69. The third kappa shape index (κ3) is 3.41. The predicted octanol–water partition coefficient (Wildman–Crippen LogP) is 1.77. The molecule has 3 N–H and O–H groups in total. The maximum Gasteiger partial charge on any atom is 0.150 e. The molecule has 0 aliphatic carbocycles. The Balaban J connectivity index is 1.79. The van der Waals surface area contributed by atoms with Crippen molar-refractivity contribution in [2.45, 2.75) is 19.5 Å². The molecular weight excluding hydrogens is 214 g/mol. The van der Waals surface area contributed by atoms with Crippen molar-refractivity contribution in [3.63, 3.8) is 0 Å². The average Bonchev–Trinajstić information content (AvgIpc) is 2.76. The van der Waals surface area contributed by atoms with Crippen LogP contribution in [0.1, 0.15) is 23.1 Å². The zero-order chi connectivity index (χ0) is 12.1. The summed E-state index contributed by atoms with van der Waals surface area (Å²) in [6, 6.07) is 12.0. The lowest BCUT2D eigenvalue weighted by molar-refractivity contribution is 0.368. The minimum Gasteiger partial charge on any atom is -0.360 e. The normalized spacial score (nSPS) is 12.6. The monoisotopic (exact) mass is 231 g/mol. The van der Waals surface area contributed by atoms with Crippen LogP contribution in [0.15, 0.2) is 40.9 Å². The largest absolute Gasteiger partial charge is 0.360 e. The number of aryl methyl sites for hydroxylation is 1. The molecule has 4 nitrogen and oxygen atoms in total.